The zero-order valence-corrected chi connectivity index (χ0v) is 17.2. The van der Waals surface area contributed by atoms with Gasteiger partial charge in [-0.1, -0.05) is 24.3 Å². The first-order valence-corrected chi connectivity index (χ1v) is 10.4. The summed E-state index contributed by atoms with van der Waals surface area (Å²) in [7, 11) is 3.19. The number of nitrogens with one attached hydrogen (secondary N) is 1. The number of thioether (sulfide) groups is 1. The lowest BCUT2D eigenvalue weighted by molar-refractivity contribution is -0.123. The van der Waals surface area contributed by atoms with Gasteiger partial charge in [0.25, 0.3) is 5.91 Å². The summed E-state index contributed by atoms with van der Waals surface area (Å²) in [5.41, 5.74) is 2.31. The number of nitrogens with zero attached hydrogens (tertiary/aromatic N) is 2. The highest BCUT2D eigenvalue weighted by molar-refractivity contribution is 8.01. The number of rotatable bonds is 5. The maximum absolute atomic E-state index is 13.6. The van der Waals surface area contributed by atoms with E-state index in [1.165, 1.54) is 11.8 Å². The molecule has 0 radical (unpaired) electrons. The van der Waals surface area contributed by atoms with Gasteiger partial charge in [-0.05, 0) is 18.2 Å². The second-order valence-corrected chi connectivity index (χ2v) is 8.06. The molecule has 2 aromatic carbocycles. The molecule has 0 aliphatic carbocycles. The number of anilines is 2. The molecule has 0 saturated carbocycles. The second kappa shape index (κ2) is 7.96. The fourth-order valence-corrected chi connectivity index (χ4v) is 5.33. The van der Waals surface area contributed by atoms with Gasteiger partial charge in [-0.3, -0.25) is 9.69 Å². The van der Waals surface area contributed by atoms with Crippen molar-refractivity contribution >= 4 is 35.1 Å². The molecule has 2 heterocycles. The Morgan fingerprint density at radius 1 is 1.21 bits per heavy atom. The highest BCUT2D eigenvalue weighted by Gasteiger charge is 2.59. The van der Waals surface area contributed by atoms with Crippen molar-refractivity contribution in [2.75, 3.05) is 49.9 Å². The monoisotopic (exact) mass is 413 g/mol. The van der Waals surface area contributed by atoms with Gasteiger partial charge in [-0.25, -0.2) is 4.79 Å². The lowest BCUT2D eigenvalue weighted by Gasteiger charge is -2.33. The zero-order valence-electron chi connectivity index (χ0n) is 16.4. The SMILES string of the molecule is COCCN1C(=O)C2(SCCN2C(=O)Nc2cccc(OC)c2)c2ccccc21. The summed E-state index contributed by atoms with van der Waals surface area (Å²) in [6.07, 6.45) is 0. The fourth-order valence-electron chi connectivity index (χ4n) is 3.86. The van der Waals surface area contributed by atoms with E-state index in [4.69, 9.17) is 9.47 Å². The van der Waals surface area contributed by atoms with E-state index in [2.05, 4.69) is 5.32 Å². The van der Waals surface area contributed by atoms with E-state index in [0.717, 1.165) is 11.3 Å². The number of benzene rings is 2. The number of methoxy groups -OCH3 is 2. The van der Waals surface area contributed by atoms with Crippen LogP contribution in [0.2, 0.25) is 0 Å². The Hall–Kier alpha value is -2.71. The molecule has 1 saturated heterocycles. The minimum atomic E-state index is -1.05. The molecule has 2 aromatic rings. The quantitative estimate of drug-likeness (QED) is 0.816. The van der Waals surface area contributed by atoms with Crippen LogP contribution in [0.1, 0.15) is 5.56 Å². The third-order valence-electron chi connectivity index (χ3n) is 5.19. The van der Waals surface area contributed by atoms with E-state index in [-0.39, 0.29) is 11.9 Å². The normalized spacial score (nSPS) is 20.3. The molecule has 4 rings (SSSR count). The Kier molecular flexibility index (Phi) is 5.38. The van der Waals surface area contributed by atoms with E-state index >= 15 is 0 Å². The third-order valence-corrected chi connectivity index (χ3v) is 6.61. The standard InChI is InChI=1S/C21H23N3O4S/c1-27-12-10-23-18-9-4-3-8-17(18)21(19(23)25)24(11-13-29-21)20(26)22-15-6-5-7-16(14-15)28-2/h3-9,14H,10-13H2,1-2H3,(H,22,26). The number of carbonyl (C=O) groups excluding carboxylic acids is 2. The Bertz CT molecular complexity index is 938. The number of ether oxygens (including phenoxy) is 2. The van der Waals surface area contributed by atoms with Crippen molar-refractivity contribution in [1.29, 1.82) is 0 Å². The molecule has 1 N–H and O–H groups in total. The highest BCUT2D eigenvalue weighted by atomic mass is 32.2. The van der Waals surface area contributed by atoms with Gasteiger partial charge in [0.1, 0.15) is 5.75 Å². The Labute approximate surface area is 174 Å². The van der Waals surface area contributed by atoms with Crippen LogP contribution in [-0.4, -0.2) is 56.5 Å². The largest absolute Gasteiger partial charge is 0.497 e. The van der Waals surface area contributed by atoms with Crippen molar-refractivity contribution in [1.82, 2.24) is 4.90 Å². The first kappa shape index (κ1) is 19.6. The van der Waals surface area contributed by atoms with E-state index in [0.29, 0.717) is 36.9 Å². The number of urea groups is 1. The van der Waals surface area contributed by atoms with E-state index < -0.39 is 4.87 Å². The maximum Gasteiger partial charge on any atom is 0.323 e. The minimum Gasteiger partial charge on any atom is -0.497 e. The Morgan fingerprint density at radius 2 is 2.03 bits per heavy atom. The van der Waals surface area contributed by atoms with E-state index in [1.54, 1.807) is 36.2 Å². The molecular weight excluding hydrogens is 390 g/mol. The molecule has 2 aliphatic rings. The first-order chi connectivity index (χ1) is 14.1. The second-order valence-electron chi connectivity index (χ2n) is 6.77. The van der Waals surface area contributed by atoms with Crippen LogP contribution in [0.25, 0.3) is 0 Å². The number of carbonyl (C=O) groups is 2. The topological polar surface area (TPSA) is 71.1 Å². The number of hydrogen-bond donors (Lipinski definition) is 1. The van der Waals surface area contributed by atoms with Crippen molar-refractivity contribution < 1.29 is 19.1 Å². The number of fused-ring (bicyclic) bond motifs is 2. The maximum atomic E-state index is 13.6. The highest BCUT2D eigenvalue weighted by Crippen LogP contribution is 2.54. The summed E-state index contributed by atoms with van der Waals surface area (Å²) < 4.78 is 10.4. The van der Waals surface area contributed by atoms with Crippen molar-refractivity contribution in [3.8, 4) is 5.75 Å². The summed E-state index contributed by atoms with van der Waals surface area (Å²) in [4.78, 5) is 29.1. The van der Waals surface area contributed by atoms with Crippen molar-refractivity contribution in [3.63, 3.8) is 0 Å². The average Bonchev–Trinajstić information content (AvgIpc) is 3.29. The molecule has 1 fully saturated rings. The van der Waals surface area contributed by atoms with E-state index in [9.17, 15) is 9.59 Å². The fraction of sp³-hybridized carbons (Fsp3) is 0.333. The molecule has 1 spiro atoms. The first-order valence-electron chi connectivity index (χ1n) is 9.39. The van der Waals surface area contributed by atoms with Gasteiger partial charge >= 0.3 is 6.03 Å². The van der Waals surface area contributed by atoms with Crippen molar-refractivity contribution in [3.05, 3.63) is 54.1 Å². The third kappa shape index (κ3) is 3.22. The summed E-state index contributed by atoms with van der Waals surface area (Å²) in [5, 5.41) is 2.92. The van der Waals surface area contributed by atoms with Crippen LogP contribution < -0.4 is 15.0 Å². The van der Waals surface area contributed by atoms with E-state index in [1.807, 2.05) is 36.4 Å². The van der Waals surface area contributed by atoms with Gasteiger partial charge < -0.3 is 19.7 Å². The molecule has 2 aliphatic heterocycles. The molecule has 152 valence electrons. The van der Waals surface area contributed by atoms with Crippen LogP contribution in [0.5, 0.6) is 5.75 Å². The average molecular weight is 413 g/mol. The van der Waals surface area contributed by atoms with Gasteiger partial charge in [0.15, 0.2) is 4.87 Å². The van der Waals surface area contributed by atoms with Gasteiger partial charge in [-0.15, -0.1) is 11.8 Å². The number of para-hydroxylation sites is 1. The molecule has 0 aromatic heterocycles. The van der Waals surface area contributed by atoms with Crippen LogP contribution in [0.4, 0.5) is 16.2 Å². The molecule has 7 nitrogen and oxygen atoms in total. The summed E-state index contributed by atoms with van der Waals surface area (Å²) in [6, 6.07) is 14.5. The molecule has 1 atom stereocenters. The summed E-state index contributed by atoms with van der Waals surface area (Å²) in [6.45, 7) is 1.36. The van der Waals surface area contributed by atoms with Gasteiger partial charge in [0, 0.05) is 43.3 Å². The summed E-state index contributed by atoms with van der Waals surface area (Å²) in [5.74, 6) is 1.24. The van der Waals surface area contributed by atoms with Gasteiger partial charge in [0.2, 0.25) is 0 Å². The zero-order chi connectivity index (χ0) is 20.4. The molecular formula is C21H23N3O4S. The Morgan fingerprint density at radius 3 is 2.83 bits per heavy atom. The molecule has 8 heteroatoms. The van der Waals surface area contributed by atoms with Crippen LogP contribution in [0.15, 0.2) is 48.5 Å². The predicted octanol–water partition coefficient (Wildman–Crippen LogP) is 3.12. The molecule has 29 heavy (non-hydrogen) atoms. The molecule has 0 bridgehead atoms. The number of amides is 3. The molecule has 1 unspecified atom stereocenters. The number of hydrogen-bond acceptors (Lipinski definition) is 5. The van der Waals surface area contributed by atoms with Crippen LogP contribution in [-0.2, 0) is 14.4 Å². The smallest absolute Gasteiger partial charge is 0.323 e. The van der Waals surface area contributed by atoms with Gasteiger partial charge in [-0.2, -0.15) is 0 Å². The van der Waals surface area contributed by atoms with Crippen molar-refractivity contribution in [2.24, 2.45) is 0 Å². The van der Waals surface area contributed by atoms with Gasteiger partial charge in [0.05, 0.1) is 19.4 Å². The van der Waals surface area contributed by atoms with Crippen LogP contribution in [0.3, 0.4) is 0 Å². The minimum absolute atomic E-state index is 0.0981. The lowest BCUT2D eigenvalue weighted by atomic mass is 10.1. The Balaban J connectivity index is 1.67. The van der Waals surface area contributed by atoms with Crippen LogP contribution >= 0.6 is 11.8 Å². The summed E-state index contributed by atoms with van der Waals surface area (Å²) >= 11 is 1.50. The predicted molar refractivity (Wildman–Crippen MR) is 114 cm³/mol. The van der Waals surface area contributed by atoms with Crippen molar-refractivity contribution in [2.45, 2.75) is 4.87 Å². The van der Waals surface area contributed by atoms with Crippen LogP contribution in [0, 0.1) is 0 Å². The molecule has 3 amide bonds. The lowest BCUT2D eigenvalue weighted by Crippen LogP contribution is -2.52.